The van der Waals surface area contributed by atoms with Gasteiger partial charge in [0.05, 0.1) is 10.4 Å². The average molecular weight is 246 g/mol. The van der Waals surface area contributed by atoms with E-state index in [0.29, 0.717) is 0 Å². The molecule has 1 nitrogen and oxygen atoms in total. The van der Waals surface area contributed by atoms with Crippen molar-refractivity contribution in [3.63, 3.8) is 0 Å². The minimum Gasteiger partial charge on any atom is -0.389 e. The van der Waals surface area contributed by atoms with Crippen molar-refractivity contribution in [1.82, 2.24) is 0 Å². The number of aliphatic hydroxyl groups is 1. The predicted octanol–water partition coefficient (Wildman–Crippen LogP) is 1.92. The fourth-order valence-corrected chi connectivity index (χ4v) is 0.981. The fourth-order valence-electron chi connectivity index (χ4n) is 0.189. The highest BCUT2D eigenvalue weighted by Crippen LogP contribution is 2.18. The summed E-state index contributed by atoms with van der Waals surface area (Å²) in [4.78, 5) is 0.134. The molecule has 0 rings (SSSR count). The molecule has 0 fully saturated rings. The molecule has 3 heteroatoms. The molecule has 0 aliphatic rings. The van der Waals surface area contributed by atoms with Crippen molar-refractivity contribution in [2.24, 2.45) is 0 Å². The topological polar surface area (TPSA) is 20.2 Å². The van der Waals surface area contributed by atoms with Crippen LogP contribution in [0, 0.1) is 0 Å². The molecule has 1 N–H and O–H groups in total. The maximum atomic E-state index is 9.21. The Kier molecular flexibility index (Phi) is 3.55. The third kappa shape index (κ3) is 3.05. The molecule has 8 heavy (non-hydrogen) atoms. The first-order valence-electron chi connectivity index (χ1n) is 2.41. The van der Waals surface area contributed by atoms with Gasteiger partial charge in [0.15, 0.2) is 0 Å². The summed E-state index contributed by atoms with van der Waals surface area (Å²) in [6.45, 7) is 3.54. The van der Waals surface area contributed by atoms with Gasteiger partial charge in [-0.3, -0.25) is 0 Å². The molecule has 0 aromatic carbocycles. The highest BCUT2D eigenvalue weighted by atomic mass is 79.9. The van der Waals surface area contributed by atoms with Crippen LogP contribution in [0.2, 0.25) is 0 Å². The first-order chi connectivity index (χ1) is 3.48. The Hall–Kier alpha value is 0.920. The van der Waals surface area contributed by atoms with Gasteiger partial charge in [-0.25, -0.2) is 0 Å². The normalized spacial score (nSPS) is 16.1. The molecule has 0 aromatic rings. The minimum atomic E-state index is -0.622. The number of halogens is 2. The van der Waals surface area contributed by atoms with Crippen LogP contribution in [-0.2, 0) is 0 Å². The van der Waals surface area contributed by atoms with E-state index in [1.54, 1.807) is 13.8 Å². The largest absolute Gasteiger partial charge is 0.389 e. The molecule has 0 spiro atoms. The zero-order valence-corrected chi connectivity index (χ0v) is 8.16. The van der Waals surface area contributed by atoms with Crippen LogP contribution < -0.4 is 0 Å². The van der Waals surface area contributed by atoms with Crippen molar-refractivity contribution in [3.05, 3.63) is 0 Å². The lowest BCUT2D eigenvalue weighted by atomic mass is 10.1. The van der Waals surface area contributed by atoms with Gasteiger partial charge in [0.1, 0.15) is 0 Å². The van der Waals surface area contributed by atoms with Crippen molar-refractivity contribution in [1.29, 1.82) is 0 Å². The Bertz CT molecular complexity index is 67.3. The maximum absolute atomic E-state index is 9.21. The van der Waals surface area contributed by atoms with Gasteiger partial charge in [0.2, 0.25) is 0 Å². The molecular formula is C5H10Br2O. The standard InChI is InChI=1S/C5H10Br2O/c1-5(2,8)4(7)3-6/h4,8H,3H2,1-2H3. The molecule has 0 bridgehead atoms. The van der Waals surface area contributed by atoms with E-state index < -0.39 is 5.60 Å². The van der Waals surface area contributed by atoms with E-state index in [2.05, 4.69) is 31.9 Å². The first-order valence-corrected chi connectivity index (χ1v) is 4.44. The summed E-state index contributed by atoms with van der Waals surface area (Å²) in [5.74, 6) is 0. The molecule has 50 valence electrons. The van der Waals surface area contributed by atoms with Gasteiger partial charge in [-0.05, 0) is 13.8 Å². The molecule has 0 heterocycles. The Labute approximate surface area is 66.7 Å². The molecule has 0 amide bonds. The predicted molar refractivity (Wildman–Crippen MR) is 42.8 cm³/mol. The summed E-state index contributed by atoms with van der Waals surface area (Å²) in [5.41, 5.74) is -0.622. The molecule has 0 saturated carbocycles. The molecule has 0 aliphatic heterocycles. The summed E-state index contributed by atoms with van der Waals surface area (Å²) in [6, 6.07) is 0. The lowest BCUT2D eigenvalue weighted by Crippen LogP contribution is -2.32. The quantitative estimate of drug-likeness (QED) is 0.738. The molecular weight excluding hydrogens is 236 g/mol. The van der Waals surface area contributed by atoms with E-state index in [9.17, 15) is 5.11 Å². The molecule has 0 saturated heterocycles. The molecule has 0 radical (unpaired) electrons. The van der Waals surface area contributed by atoms with E-state index in [4.69, 9.17) is 0 Å². The van der Waals surface area contributed by atoms with Gasteiger partial charge in [-0.1, -0.05) is 31.9 Å². The van der Waals surface area contributed by atoms with E-state index >= 15 is 0 Å². The average Bonchev–Trinajstić information content (AvgIpc) is 1.62. The first kappa shape index (κ1) is 8.92. The van der Waals surface area contributed by atoms with Crippen molar-refractivity contribution < 1.29 is 5.11 Å². The van der Waals surface area contributed by atoms with Crippen molar-refractivity contribution >= 4 is 31.9 Å². The summed E-state index contributed by atoms with van der Waals surface area (Å²) >= 11 is 6.54. The van der Waals surface area contributed by atoms with E-state index in [0.717, 1.165) is 5.33 Å². The van der Waals surface area contributed by atoms with E-state index in [1.807, 2.05) is 0 Å². The van der Waals surface area contributed by atoms with Crippen molar-refractivity contribution in [2.75, 3.05) is 5.33 Å². The second-order valence-corrected chi connectivity index (χ2v) is 4.03. The van der Waals surface area contributed by atoms with Crippen LogP contribution in [0.3, 0.4) is 0 Å². The Balaban J connectivity index is 3.62. The molecule has 0 aromatic heterocycles. The van der Waals surface area contributed by atoms with E-state index in [-0.39, 0.29) is 4.83 Å². The summed E-state index contributed by atoms with van der Waals surface area (Å²) in [5, 5.41) is 9.98. The third-order valence-corrected chi connectivity index (χ3v) is 3.86. The second-order valence-electron chi connectivity index (χ2n) is 2.28. The smallest absolute Gasteiger partial charge is 0.0724 e. The lowest BCUT2D eigenvalue weighted by Gasteiger charge is -2.21. The highest BCUT2D eigenvalue weighted by molar-refractivity contribution is 9.12. The van der Waals surface area contributed by atoms with E-state index in [1.165, 1.54) is 0 Å². The number of hydrogen-bond acceptors (Lipinski definition) is 1. The molecule has 1 atom stereocenters. The SMILES string of the molecule is CC(C)(O)C(Br)CBr. The van der Waals surface area contributed by atoms with Crippen LogP contribution in [0.4, 0.5) is 0 Å². The third-order valence-electron chi connectivity index (χ3n) is 0.902. The number of rotatable bonds is 2. The Morgan fingerprint density at radius 1 is 1.62 bits per heavy atom. The minimum absolute atomic E-state index is 0.134. The van der Waals surface area contributed by atoms with Gasteiger partial charge in [0.25, 0.3) is 0 Å². The van der Waals surface area contributed by atoms with Gasteiger partial charge in [0, 0.05) is 5.33 Å². The zero-order chi connectivity index (χ0) is 6.78. The van der Waals surface area contributed by atoms with Crippen molar-refractivity contribution in [2.45, 2.75) is 24.3 Å². The van der Waals surface area contributed by atoms with Gasteiger partial charge in [-0.2, -0.15) is 0 Å². The molecule has 0 aliphatic carbocycles. The van der Waals surface area contributed by atoms with Crippen LogP contribution in [0.5, 0.6) is 0 Å². The molecule has 1 unspecified atom stereocenters. The maximum Gasteiger partial charge on any atom is 0.0724 e. The summed E-state index contributed by atoms with van der Waals surface area (Å²) in [6.07, 6.45) is 0. The van der Waals surface area contributed by atoms with Gasteiger partial charge in [-0.15, -0.1) is 0 Å². The Morgan fingerprint density at radius 2 is 2.00 bits per heavy atom. The zero-order valence-electron chi connectivity index (χ0n) is 4.99. The van der Waals surface area contributed by atoms with Crippen LogP contribution in [0.25, 0.3) is 0 Å². The number of alkyl halides is 2. The lowest BCUT2D eigenvalue weighted by molar-refractivity contribution is 0.0857. The monoisotopic (exact) mass is 244 g/mol. The van der Waals surface area contributed by atoms with Crippen molar-refractivity contribution in [3.8, 4) is 0 Å². The van der Waals surface area contributed by atoms with Crippen LogP contribution in [-0.4, -0.2) is 20.9 Å². The Morgan fingerprint density at radius 3 is 2.00 bits per heavy atom. The summed E-state index contributed by atoms with van der Waals surface area (Å²) in [7, 11) is 0. The summed E-state index contributed by atoms with van der Waals surface area (Å²) < 4.78 is 0. The number of hydrogen-bond donors (Lipinski definition) is 1. The van der Waals surface area contributed by atoms with Crippen LogP contribution in [0.15, 0.2) is 0 Å². The van der Waals surface area contributed by atoms with Gasteiger partial charge < -0.3 is 5.11 Å². The van der Waals surface area contributed by atoms with Gasteiger partial charge >= 0.3 is 0 Å². The van der Waals surface area contributed by atoms with Crippen LogP contribution in [0.1, 0.15) is 13.8 Å². The second kappa shape index (κ2) is 3.18. The van der Waals surface area contributed by atoms with Crippen LogP contribution >= 0.6 is 31.9 Å². The fraction of sp³-hybridized carbons (Fsp3) is 1.00. The highest BCUT2D eigenvalue weighted by Gasteiger charge is 2.22.